The van der Waals surface area contributed by atoms with Crippen molar-refractivity contribution < 1.29 is 13.9 Å². The van der Waals surface area contributed by atoms with Gasteiger partial charge < -0.3 is 20.4 Å². The van der Waals surface area contributed by atoms with Crippen LogP contribution in [0, 0.1) is 12.7 Å². The first-order valence-corrected chi connectivity index (χ1v) is 13.3. The molecule has 1 amide bonds. The van der Waals surface area contributed by atoms with Crippen LogP contribution in [0.2, 0.25) is 0 Å². The third-order valence-electron chi connectivity index (χ3n) is 7.29. The number of rotatable bonds is 7. The van der Waals surface area contributed by atoms with Gasteiger partial charge in [-0.3, -0.25) is 14.7 Å². The van der Waals surface area contributed by atoms with Crippen LogP contribution in [0.4, 0.5) is 4.39 Å². The van der Waals surface area contributed by atoms with Gasteiger partial charge in [-0.05, 0) is 54.8 Å². The predicted molar refractivity (Wildman–Crippen MR) is 150 cm³/mol. The number of fused-ring (bicyclic) bond motifs is 2. The number of pyridine rings is 1. The van der Waals surface area contributed by atoms with Crippen LogP contribution in [-0.4, -0.2) is 67.9 Å². The second kappa shape index (κ2) is 11.0. The van der Waals surface area contributed by atoms with E-state index in [4.69, 9.17) is 15.5 Å². The summed E-state index contributed by atoms with van der Waals surface area (Å²) in [4.78, 5) is 33.7. The molecule has 6 rings (SSSR count). The van der Waals surface area contributed by atoms with Gasteiger partial charge in [-0.25, -0.2) is 14.4 Å². The normalized spacial score (nSPS) is 15.0. The minimum atomic E-state index is -0.758. The Labute approximate surface area is 230 Å². The van der Waals surface area contributed by atoms with E-state index in [1.165, 1.54) is 6.07 Å². The molecule has 9 nitrogen and oxygen atoms in total. The molecule has 0 unspecified atom stereocenters. The molecule has 1 fully saturated rings. The van der Waals surface area contributed by atoms with Gasteiger partial charge in [0, 0.05) is 45.1 Å². The summed E-state index contributed by atoms with van der Waals surface area (Å²) in [7, 11) is 0. The van der Waals surface area contributed by atoms with Gasteiger partial charge in [-0.2, -0.15) is 0 Å². The maximum absolute atomic E-state index is 15.0. The molecule has 40 heavy (non-hydrogen) atoms. The highest BCUT2D eigenvalue weighted by atomic mass is 19.1. The Bertz CT molecular complexity index is 1680. The summed E-state index contributed by atoms with van der Waals surface area (Å²) in [6, 6.07) is 13.5. The van der Waals surface area contributed by atoms with Crippen LogP contribution in [0.3, 0.4) is 0 Å². The smallest absolute Gasteiger partial charge is 0.239 e. The fourth-order valence-corrected chi connectivity index (χ4v) is 5.14. The van der Waals surface area contributed by atoms with Gasteiger partial charge in [0.15, 0.2) is 11.6 Å². The fraction of sp³-hybridized carbons (Fsp3) is 0.267. The van der Waals surface area contributed by atoms with Crippen LogP contribution >= 0.6 is 0 Å². The molecule has 1 saturated heterocycles. The molecule has 5 aromatic rings. The van der Waals surface area contributed by atoms with E-state index in [1.54, 1.807) is 29.3 Å². The minimum absolute atomic E-state index is 0.101. The Hall–Kier alpha value is -4.41. The van der Waals surface area contributed by atoms with Gasteiger partial charge in [0.1, 0.15) is 11.4 Å². The number of nitrogens with two attached hydrogens (primary N) is 1. The number of hydrogen-bond acceptors (Lipinski definition) is 7. The zero-order valence-corrected chi connectivity index (χ0v) is 22.2. The summed E-state index contributed by atoms with van der Waals surface area (Å²) in [6.07, 6.45) is 5.49. The van der Waals surface area contributed by atoms with Gasteiger partial charge in [-0.1, -0.05) is 18.2 Å². The van der Waals surface area contributed by atoms with E-state index in [9.17, 15) is 9.18 Å². The van der Waals surface area contributed by atoms with Gasteiger partial charge >= 0.3 is 0 Å². The molecule has 0 bridgehead atoms. The predicted octanol–water partition coefficient (Wildman–Crippen LogP) is 3.96. The van der Waals surface area contributed by atoms with Crippen molar-refractivity contribution in [3.05, 3.63) is 89.8 Å². The number of H-pyrrole nitrogens is 1. The summed E-state index contributed by atoms with van der Waals surface area (Å²) in [5.74, 6) is -0.0215. The Kier molecular flexibility index (Phi) is 7.10. The lowest BCUT2D eigenvalue weighted by molar-refractivity contribution is -0.134. The molecular formula is C30H30FN7O2. The number of benzene rings is 2. The fourth-order valence-electron chi connectivity index (χ4n) is 5.14. The highest BCUT2D eigenvalue weighted by molar-refractivity contribution is 5.86. The Morgan fingerprint density at radius 3 is 2.67 bits per heavy atom. The minimum Gasteiger partial charge on any atom is -0.453 e. The number of halogens is 1. The van der Waals surface area contributed by atoms with Crippen molar-refractivity contribution in [2.45, 2.75) is 25.9 Å². The largest absolute Gasteiger partial charge is 0.453 e. The van der Waals surface area contributed by atoms with Crippen molar-refractivity contribution in [1.82, 2.24) is 29.7 Å². The van der Waals surface area contributed by atoms with Gasteiger partial charge in [0.05, 0.1) is 34.4 Å². The molecule has 204 valence electrons. The van der Waals surface area contributed by atoms with E-state index in [2.05, 4.69) is 19.9 Å². The van der Waals surface area contributed by atoms with E-state index in [-0.39, 0.29) is 18.1 Å². The van der Waals surface area contributed by atoms with E-state index < -0.39 is 11.9 Å². The van der Waals surface area contributed by atoms with Crippen LogP contribution < -0.4 is 10.5 Å². The van der Waals surface area contributed by atoms with E-state index >= 15 is 0 Å². The van der Waals surface area contributed by atoms with Crippen molar-refractivity contribution in [1.29, 1.82) is 0 Å². The van der Waals surface area contributed by atoms with Crippen molar-refractivity contribution in [2.75, 3.05) is 26.2 Å². The highest BCUT2D eigenvalue weighted by Crippen LogP contribution is 2.32. The Morgan fingerprint density at radius 1 is 1.07 bits per heavy atom. The second-order valence-electron chi connectivity index (χ2n) is 10.1. The van der Waals surface area contributed by atoms with Crippen molar-refractivity contribution in [3.63, 3.8) is 0 Å². The number of nitrogens with one attached hydrogen (secondary N) is 1. The molecule has 4 heterocycles. The number of aromatic amines is 1. The average molecular weight is 540 g/mol. The van der Waals surface area contributed by atoms with E-state index in [0.29, 0.717) is 36.6 Å². The molecule has 3 N–H and O–H groups in total. The van der Waals surface area contributed by atoms with Crippen molar-refractivity contribution >= 4 is 28.0 Å². The van der Waals surface area contributed by atoms with Gasteiger partial charge in [0.25, 0.3) is 0 Å². The lowest BCUT2D eigenvalue weighted by atomic mass is 10.0. The number of nitrogens with zero attached hydrogens (tertiary/aromatic N) is 5. The van der Waals surface area contributed by atoms with Crippen LogP contribution in [0.25, 0.3) is 22.1 Å². The lowest BCUT2D eigenvalue weighted by Crippen LogP contribution is -2.53. The van der Waals surface area contributed by atoms with Crippen LogP contribution in [0.15, 0.2) is 67.1 Å². The molecule has 0 radical (unpaired) electrons. The Morgan fingerprint density at radius 2 is 1.88 bits per heavy atom. The maximum Gasteiger partial charge on any atom is 0.239 e. The van der Waals surface area contributed by atoms with Crippen LogP contribution in [0.5, 0.6) is 11.5 Å². The van der Waals surface area contributed by atoms with Crippen LogP contribution in [-0.2, 0) is 17.8 Å². The molecular weight excluding hydrogens is 509 g/mol. The molecule has 1 aliphatic heterocycles. The third kappa shape index (κ3) is 5.36. The first kappa shape index (κ1) is 25.8. The quantitative estimate of drug-likeness (QED) is 0.322. The molecule has 1 atom stereocenters. The summed E-state index contributed by atoms with van der Waals surface area (Å²) in [5, 5.41) is 0.809. The maximum atomic E-state index is 15.0. The van der Waals surface area contributed by atoms with Crippen LogP contribution in [0.1, 0.15) is 16.8 Å². The first-order chi connectivity index (χ1) is 19.4. The number of ether oxygens (including phenoxy) is 1. The molecule has 10 heteroatoms. The second-order valence-corrected chi connectivity index (χ2v) is 10.1. The summed E-state index contributed by atoms with van der Waals surface area (Å²) < 4.78 is 20.9. The van der Waals surface area contributed by atoms with Gasteiger partial charge in [0.2, 0.25) is 5.91 Å². The first-order valence-electron chi connectivity index (χ1n) is 13.3. The summed E-state index contributed by atoms with van der Waals surface area (Å²) >= 11 is 0. The number of carbonyl (C=O) groups excluding carboxylic acids is 1. The monoisotopic (exact) mass is 539 g/mol. The Balaban J connectivity index is 1.03. The molecule has 0 aliphatic carbocycles. The van der Waals surface area contributed by atoms with Gasteiger partial charge in [-0.15, -0.1) is 0 Å². The SMILES string of the molecule is Cc1c[nH]c2nccc(Oc3ccc(C[C@H](N)C(=O)N4CCN(Cc5cnc6ccccc6n5)CC4)cc3F)c12. The third-order valence-corrected chi connectivity index (χ3v) is 7.29. The zero-order chi connectivity index (χ0) is 27.6. The summed E-state index contributed by atoms with van der Waals surface area (Å²) in [6.45, 7) is 5.20. The number of aromatic nitrogens is 4. The standard InChI is InChI=1S/C30H30FN7O2/c1-19-16-35-29-28(19)27(8-9-33-29)40-26-7-6-20(14-22(26)31)15-23(32)30(39)38-12-10-37(11-13-38)18-21-17-34-24-4-2-3-5-25(24)36-21/h2-9,14,16-17,23H,10-13,15,18,32H2,1H3,(H,33,35)/t23-/m0/s1. The van der Waals surface area contributed by atoms with Crippen molar-refractivity contribution in [2.24, 2.45) is 5.73 Å². The topological polar surface area (TPSA) is 113 Å². The molecule has 0 saturated carbocycles. The molecule has 1 aliphatic rings. The number of hydrogen-bond donors (Lipinski definition) is 2. The number of para-hydroxylation sites is 2. The zero-order valence-electron chi connectivity index (χ0n) is 22.2. The lowest BCUT2D eigenvalue weighted by Gasteiger charge is -2.35. The van der Waals surface area contributed by atoms with E-state index in [1.807, 2.05) is 43.6 Å². The number of aryl methyl sites for hydroxylation is 1. The molecule has 2 aromatic carbocycles. The molecule has 3 aromatic heterocycles. The summed E-state index contributed by atoms with van der Waals surface area (Å²) in [5.41, 5.74) is 11.2. The average Bonchev–Trinajstić information content (AvgIpc) is 3.36. The number of amides is 1. The van der Waals surface area contributed by atoms with E-state index in [0.717, 1.165) is 40.8 Å². The highest BCUT2D eigenvalue weighted by Gasteiger charge is 2.26. The van der Waals surface area contributed by atoms with Crippen molar-refractivity contribution in [3.8, 4) is 11.5 Å². The number of piperazine rings is 1. The number of carbonyl (C=O) groups is 1. The molecule has 0 spiro atoms.